The summed E-state index contributed by atoms with van der Waals surface area (Å²) in [5.74, 6) is 0. The molecular formula is C16H11Br2NO. The Morgan fingerprint density at radius 2 is 1.85 bits per heavy atom. The second-order valence-electron chi connectivity index (χ2n) is 4.52. The molecule has 0 fully saturated rings. The van der Waals surface area contributed by atoms with Crippen LogP contribution in [0.1, 0.15) is 17.2 Å². The van der Waals surface area contributed by atoms with Crippen LogP contribution in [0.3, 0.4) is 0 Å². The predicted octanol–water partition coefficient (Wildman–Crippen LogP) is 4.84. The summed E-state index contributed by atoms with van der Waals surface area (Å²) in [7, 11) is 0. The molecule has 0 aliphatic heterocycles. The molecule has 0 radical (unpaired) electrons. The molecule has 0 aliphatic carbocycles. The van der Waals surface area contributed by atoms with Crippen molar-refractivity contribution in [3.8, 4) is 0 Å². The maximum atomic E-state index is 10.6. The van der Waals surface area contributed by atoms with E-state index in [0.29, 0.717) is 0 Å². The van der Waals surface area contributed by atoms with Gasteiger partial charge in [0, 0.05) is 26.7 Å². The number of fused-ring (bicyclic) bond motifs is 1. The molecule has 0 spiro atoms. The van der Waals surface area contributed by atoms with Gasteiger partial charge in [-0.3, -0.25) is 4.98 Å². The monoisotopic (exact) mass is 391 g/mol. The molecule has 1 unspecified atom stereocenters. The Bertz CT molecular complexity index is 768. The minimum atomic E-state index is -0.674. The standard InChI is InChI=1S/C16H11Br2NO/c17-14-5-4-11(8-15(14)18)16(20)12-3-1-2-10-6-7-19-9-13(10)12/h1-9,16,20H. The van der Waals surface area contributed by atoms with Gasteiger partial charge in [0.25, 0.3) is 0 Å². The summed E-state index contributed by atoms with van der Waals surface area (Å²) in [5, 5.41) is 12.7. The van der Waals surface area contributed by atoms with E-state index in [1.165, 1.54) is 0 Å². The van der Waals surface area contributed by atoms with Crippen LogP contribution in [0.4, 0.5) is 0 Å². The number of halogens is 2. The van der Waals surface area contributed by atoms with E-state index in [1.54, 1.807) is 12.4 Å². The van der Waals surface area contributed by atoms with E-state index in [-0.39, 0.29) is 0 Å². The van der Waals surface area contributed by atoms with Gasteiger partial charge in [-0.05, 0) is 66.6 Å². The SMILES string of the molecule is OC(c1ccc(Br)c(Br)c1)c1cccc2ccncc12. The van der Waals surface area contributed by atoms with E-state index in [2.05, 4.69) is 36.8 Å². The third-order valence-electron chi connectivity index (χ3n) is 3.27. The topological polar surface area (TPSA) is 33.1 Å². The summed E-state index contributed by atoms with van der Waals surface area (Å²) in [6, 6.07) is 13.6. The van der Waals surface area contributed by atoms with Gasteiger partial charge < -0.3 is 5.11 Å². The number of nitrogens with zero attached hydrogens (tertiary/aromatic N) is 1. The van der Waals surface area contributed by atoms with Crippen molar-refractivity contribution in [2.24, 2.45) is 0 Å². The number of aromatic nitrogens is 1. The maximum Gasteiger partial charge on any atom is 0.105 e. The van der Waals surface area contributed by atoms with Crippen LogP contribution in [0.25, 0.3) is 10.8 Å². The van der Waals surface area contributed by atoms with Crippen LogP contribution in [0.5, 0.6) is 0 Å². The van der Waals surface area contributed by atoms with Crippen LogP contribution < -0.4 is 0 Å². The van der Waals surface area contributed by atoms with Crippen molar-refractivity contribution in [2.75, 3.05) is 0 Å². The average Bonchev–Trinajstić information content (AvgIpc) is 2.49. The van der Waals surface area contributed by atoms with Gasteiger partial charge in [0.05, 0.1) is 0 Å². The number of aliphatic hydroxyl groups is 1. The molecule has 3 aromatic rings. The van der Waals surface area contributed by atoms with E-state index in [9.17, 15) is 5.11 Å². The fourth-order valence-electron chi connectivity index (χ4n) is 2.24. The molecule has 4 heteroatoms. The quantitative estimate of drug-likeness (QED) is 0.676. The fraction of sp³-hybridized carbons (Fsp3) is 0.0625. The van der Waals surface area contributed by atoms with E-state index in [4.69, 9.17) is 0 Å². The van der Waals surface area contributed by atoms with Gasteiger partial charge in [-0.25, -0.2) is 0 Å². The van der Waals surface area contributed by atoms with Gasteiger partial charge in [0.15, 0.2) is 0 Å². The Morgan fingerprint density at radius 3 is 2.65 bits per heavy atom. The highest BCUT2D eigenvalue weighted by molar-refractivity contribution is 9.13. The van der Waals surface area contributed by atoms with Crippen LogP contribution in [0.15, 0.2) is 63.8 Å². The summed E-state index contributed by atoms with van der Waals surface area (Å²) >= 11 is 6.90. The highest BCUT2D eigenvalue weighted by atomic mass is 79.9. The van der Waals surface area contributed by atoms with Crippen molar-refractivity contribution in [1.82, 2.24) is 4.98 Å². The lowest BCUT2D eigenvalue weighted by Crippen LogP contribution is -2.00. The minimum absolute atomic E-state index is 0.674. The molecule has 1 N–H and O–H groups in total. The molecule has 2 aromatic carbocycles. The van der Waals surface area contributed by atoms with Crippen LogP contribution in [-0.4, -0.2) is 10.1 Å². The predicted molar refractivity (Wildman–Crippen MR) is 87.6 cm³/mol. The third kappa shape index (κ3) is 2.51. The highest BCUT2D eigenvalue weighted by Gasteiger charge is 2.14. The van der Waals surface area contributed by atoms with E-state index >= 15 is 0 Å². The molecule has 1 atom stereocenters. The Balaban J connectivity index is 2.12. The van der Waals surface area contributed by atoms with E-state index in [0.717, 1.165) is 30.8 Å². The zero-order valence-corrected chi connectivity index (χ0v) is 13.6. The van der Waals surface area contributed by atoms with E-state index < -0.39 is 6.10 Å². The molecule has 0 bridgehead atoms. The lowest BCUT2D eigenvalue weighted by Gasteiger charge is -2.14. The number of pyridine rings is 1. The van der Waals surface area contributed by atoms with Gasteiger partial charge in [-0.2, -0.15) is 0 Å². The minimum Gasteiger partial charge on any atom is -0.384 e. The Hall–Kier alpha value is -1.23. The second-order valence-corrected chi connectivity index (χ2v) is 6.23. The Labute approximate surface area is 133 Å². The molecular weight excluding hydrogens is 382 g/mol. The van der Waals surface area contributed by atoms with Crippen LogP contribution in [0.2, 0.25) is 0 Å². The zero-order valence-electron chi connectivity index (χ0n) is 10.4. The van der Waals surface area contributed by atoms with Gasteiger partial charge in [0.1, 0.15) is 6.10 Å². The smallest absolute Gasteiger partial charge is 0.105 e. The lowest BCUT2D eigenvalue weighted by molar-refractivity contribution is 0.222. The Kier molecular flexibility index (Phi) is 3.87. The highest BCUT2D eigenvalue weighted by Crippen LogP contribution is 2.32. The van der Waals surface area contributed by atoms with Gasteiger partial charge in [0.2, 0.25) is 0 Å². The molecule has 0 saturated heterocycles. The molecule has 1 heterocycles. The van der Waals surface area contributed by atoms with Crippen molar-refractivity contribution in [1.29, 1.82) is 0 Å². The number of rotatable bonds is 2. The average molecular weight is 393 g/mol. The first-order valence-electron chi connectivity index (χ1n) is 6.12. The Morgan fingerprint density at radius 1 is 1.00 bits per heavy atom. The first-order valence-corrected chi connectivity index (χ1v) is 7.71. The van der Waals surface area contributed by atoms with Gasteiger partial charge in [-0.15, -0.1) is 0 Å². The van der Waals surface area contributed by atoms with Gasteiger partial charge >= 0.3 is 0 Å². The zero-order chi connectivity index (χ0) is 14.1. The van der Waals surface area contributed by atoms with Crippen molar-refractivity contribution < 1.29 is 5.11 Å². The summed E-state index contributed by atoms with van der Waals surface area (Å²) in [6.07, 6.45) is 2.88. The normalized spacial score (nSPS) is 12.6. The molecule has 0 amide bonds. The van der Waals surface area contributed by atoms with Gasteiger partial charge in [-0.1, -0.05) is 24.3 Å². The molecule has 3 rings (SSSR count). The molecule has 2 nitrogen and oxygen atoms in total. The van der Waals surface area contributed by atoms with Crippen molar-refractivity contribution in [3.05, 3.63) is 74.9 Å². The number of hydrogen-bond donors (Lipinski definition) is 1. The van der Waals surface area contributed by atoms with Crippen LogP contribution in [-0.2, 0) is 0 Å². The summed E-state index contributed by atoms with van der Waals surface area (Å²) < 4.78 is 1.89. The first-order chi connectivity index (χ1) is 9.66. The summed E-state index contributed by atoms with van der Waals surface area (Å²) in [6.45, 7) is 0. The molecule has 100 valence electrons. The first kappa shape index (κ1) is 13.7. The second kappa shape index (κ2) is 5.64. The van der Waals surface area contributed by atoms with E-state index in [1.807, 2.05) is 42.5 Å². The molecule has 20 heavy (non-hydrogen) atoms. The largest absolute Gasteiger partial charge is 0.384 e. The summed E-state index contributed by atoms with van der Waals surface area (Å²) in [4.78, 5) is 4.15. The number of hydrogen-bond acceptors (Lipinski definition) is 2. The molecule has 0 aliphatic rings. The van der Waals surface area contributed by atoms with Crippen molar-refractivity contribution in [2.45, 2.75) is 6.10 Å². The molecule has 1 aromatic heterocycles. The lowest BCUT2D eigenvalue weighted by atomic mass is 9.97. The van der Waals surface area contributed by atoms with Crippen molar-refractivity contribution >= 4 is 42.6 Å². The third-order valence-corrected chi connectivity index (χ3v) is 5.15. The maximum absolute atomic E-state index is 10.6. The van der Waals surface area contributed by atoms with Crippen molar-refractivity contribution in [3.63, 3.8) is 0 Å². The number of benzene rings is 2. The molecule has 0 saturated carbocycles. The fourth-order valence-corrected chi connectivity index (χ4v) is 2.88. The van der Waals surface area contributed by atoms with Crippen LogP contribution >= 0.6 is 31.9 Å². The summed E-state index contributed by atoms with van der Waals surface area (Å²) in [5.41, 5.74) is 1.71. The van der Waals surface area contributed by atoms with Crippen LogP contribution in [0, 0.1) is 0 Å². The number of aliphatic hydroxyl groups excluding tert-OH is 1.